The molecule has 1 fully saturated rings. The minimum Gasteiger partial charge on any atom is -0.390 e. The van der Waals surface area contributed by atoms with Gasteiger partial charge < -0.3 is 45.4 Å². The number of nitrogens with two attached hydrogens (primary N) is 1. The van der Waals surface area contributed by atoms with E-state index in [2.05, 4.69) is 44.8 Å². The normalized spacial score (nSPS) is 21.5. The number of ether oxygens (including phenoxy) is 1. The molecule has 5 atom stereocenters. The smallest absolute Gasteiger partial charge is 0.390 e. The predicted octanol–water partition coefficient (Wildman–Crippen LogP) is 3.67. The fourth-order valence-corrected chi connectivity index (χ4v) is 12.9. The summed E-state index contributed by atoms with van der Waals surface area (Å²) in [6.45, 7) is 9.71. The second-order valence-electron chi connectivity index (χ2n) is 18.2. The van der Waals surface area contributed by atoms with Gasteiger partial charge in [-0.25, -0.2) is 18.5 Å². The van der Waals surface area contributed by atoms with Gasteiger partial charge in [-0.1, -0.05) is 31.8 Å². The number of aliphatic hydroxyl groups excluding tert-OH is 1. The van der Waals surface area contributed by atoms with Gasteiger partial charge in [0.2, 0.25) is 11.6 Å². The number of carbonyl (C=O) groups excluding carboxylic acids is 1. The molecule has 31 heteroatoms. The molecular formula is C43H56N6O20P3S2+. The number of aliphatic hydroxyl groups is 1. The minimum atomic E-state index is -5.80. The Hall–Kier alpha value is -4.75. The van der Waals surface area contributed by atoms with E-state index < -0.39 is 85.3 Å². The summed E-state index contributed by atoms with van der Waals surface area (Å²) in [4.78, 5) is 67.3. The van der Waals surface area contributed by atoms with E-state index in [4.69, 9.17) is 20.3 Å². The first-order valence-corrected chi connectivity index (χ1v) is 29.9. The molecule has 74 heavy (non-hydrogen) atoms. The predicted molar refractivity (Wildman–Crippen MR) is 264 cm³/mol. The van der Waals surface area contributed by atoms with Gasteiger partial charge in [-0.3, -0.25) is 23.0 Å². The molecule has 2 unspecified atom stereocenters. The van der Waals surface area contributed by atoms with Crippen LogP contribution in [-0.2, 0) is 67.4 Å². The summed E-state index contributed by atoms with van der Waals surface area (Å²) in [5.74, 6) is 4.84. The third kappa shape index (κ3) is 13.8. The summed E-state index contributed by atoms with van der Waals surface area (Å²) in [6.07, 6.45) is 4.35. The largest absolute Gasteiger partial charge is 0.490 e. The molecule has 0 spiro atoms. The minimum absolute atomic E-state index is 0.0323. The van der Waals surface area contributed by atoms with Gasteiger partial charge in [-0.2, -0.15) is 35.0 Å². The Morgan fingerprint density at radius 1 is 0.959 bits per heavy atom. The van der Waals surface area contributed by atoms with E-state index in [1.807, 2.05) is 52.8 Å². The lowest BCUT2D eigenvalue weighted by Crippen LogP contribution is -2.29. The van der Waals surface area contributed by atoms with Gasteiger partial charge in [0, 0.05) is 66.5 Å². The van der Waals surface area contributed by atoms with Crippen LogP contribution < -0.4 is 21.6 Å². The quantitative estimate of drug-likeness (QED) is 0.0256. The summed E-state index contributed by atoms with van der Waals surface area (Å²) >= 11 is 0. The first-order valence-electron chi connectivity index (χ1n) is 22.5. The van der Waals surface area contributed by atoms with E-state index in [0.717, 1.165) is 32.9 Å². The highest BCUT2D eigenvalue weighted by atomic mass is 32.2. The Morgan fingerprint density at radius 2 is 1.61 bits per heavy atom. The number of likely N-dealkylation sites (N-methyl/N-ethyl adjacent to an activating group) is 1. The summed E-state index contributed by atoms with van der Waals surface area (Å²) in [7, 11) is -25.9. The van der Waals surface area contributed by atoms with Crippen molar-refractivity contribution in [3.05, 3.63) is 93.7 Å². The van der Waals surface area contributed by atoms with Crippen molar-refractivity contribution in [2.45, 2.75) is 106 Å². The van der Waals surface area contributed by atoms with Crippen molar-refractivity contribution in [1.29, 1.82) is 0 Å². The van der Waals surface area contributed by atoms with E-state index in [0.29, 0.717) is 37.9 Å². The van der Waals surface area contributed by atoms with E-state index in [9.17, 15) is 64.1 Å². The molecule has 0 bridgehead atoms. The fraction of sp³-hybridized carbons (Fsp3) is 0.442. The highest BCUT2D eigenvalue weighted by Gasteiger charge is 2.46. The summed E-state index contributed by atoms with van der Waals surface area (Å²) < 4.78 is 123. The Kier molecular flexibility index (Phi) is 17.5. The molecule has 0 aliphatic carbocycles. The van der Waals surface area contributed by atoms with Crippen molar-refractivity contribution in [1.82, 2.24) is 14.9 Å². The number of carbonyl (C=O) groups is 1. The number of nitrogens with zero attached hydrogens (tertiary/aromatic N) is 4. The number of anilines is 2. The standard InChI is InChI=1S/C43H55N6O20P3S2/c1-6-47-32-18-16-28(73(60,61)62)22-30(32)42(2,3)36(47)13-10-14-37-43(4,5)31-23-29(74(63,64)65)17-19-33(31)48(37)21-9-7-8-15-38(51)45-20-11-12-27-25-49(41(52)46-40(27)44)39-24-34(50)35(67-39)26-66-71(56,57)69-72(58,59)68-70(53,54)55/h10,13-14,16-19,22-23,25,34-35,39,50H,6-9,15,20-21,24,26H2,1-5H3,(H8-,44,45,46,51,52,53,54,55,56,57,58,59,60,61,62,63,64,65)/p+1/t34-,35-,39-/m1/s1. The first-order chi connectivity index (χ1) is 34.1. The van der Waals surface area contributed by atoms with Gasteiger partial charge in [0.05, 0.1) is 40.0 Å². The second-order valence-corrected chi connectivity index (χ2v) is 25.5. The molecule has 26 nitrogen and oxygen atoms in total. The number of unbranched alkanes of at least 4 members (excludes halogenated alkanes) is 2. The number of aromatic nitrogens is 2. The third-order valence-corrected chi connectivity index (χ3v) is 17.8. The molecule has 2 aromatic carbocycles. The molecule has 3 aliphatic rings. The van der Waals surface area contributed by atoms with Crippen LogP contribution in [-0.4, -0.2) is 115 Å². The molecule has 3 aliphatic heterocycles. The molecule has 6 rings (SSSR count). The Balaban J connectivity index is 1.07. The lowest BCUT2D eigenvalue weighted by Gasteiger charge is -2.25. The summed E-state index contributed by atoms with van der Waals surface area (Å²) in [5.41, 5.74) is 8.27. The van der Waals surface area contributed by atoms with E-state index in [1.54, 1.807) is 12.1 Å². The Morgan fingerprint density at radius 3 is 2.24 bits per heavy atom. The van der Waals surface area contributed by atoms with Crippen LogP contribution in [0.4, 0.5) is 17.2 Å². The third-order valence-electron chi connectivity index (χ3n) is 12.3. The molecule has 1 saturated heterocycles. The number of phosphoric ester groups is 1. The zero-order valence-corrected chi connectivity index (χ0v) is 44.6. The zero-order valence-electron chi connectivity index (χ0n) is 40.3. The van der Waals surface area contributed by atoms with E-state index in [1.165, 1.54) is 30.5 Å². The number of amides is 1. The molecule has 0 radical (unpaired) electrons. The van der Waals surface area contributed by atoms with E-state index in [-0.39, 0.29) is 46.5 Å². The van der Waals surface area contributed by atoms with Crippen molar-refractivity contribution in [3.8, 4) is 11.8 Å². The van der Waals surface area contributed by atoms with Crippen LogP contribution in [0.15, 0.2) is 81.1 Å². The molecule has 3 aromatic rings. The number of allylic oxidation sites excluding steroid dienone is 4. The average molecular weight is 1130 g/mol. The monoisotopic (exact) mass is 1130 g/mol. The average Bonchev–Trinajstić information content (AvgIpc) is 3.82. The number of fused-ring (bicyclic) bond motifs is 2. The van der Waals surface area contributed by atoms with Gasteiger partial charge in [-0.05, 0) is 75.6 Å². The van der Waals surface area contributed by atoms with Gasteiger partial charge in [0.15, 0.2) is 5.71 Å². The lowest BCUT2D eigenvalue weighted by molar-refractivity contribution is -0.438. The Labute approximate surface area is 425 Å². The number of rotatable bonds is 20. The SMILES string of the molecule is CCN1/C(=C/C=C/C2=[N+](CCCCCC(=O)NCC#Cc3cn([C@H]4C[C@@H](O)[C@@H](COP(=O)(O)OP(=O)(O)OP(=O)(O)O)O4)c(=O)nc3N)c3ccc(S(=O)(=O)O)cc3C2(C)C)C(C)(C)c2cc(S(=O)(=O)O)ccc21. The number of nitrogen functional groups attached to an aromatic ring is 1. The van der Waals surface area contributed by atoms with Crippen LogP contribution >= 0.6 is 23.5 Å². The van der Waals surface area contributed by atoms with Crippen LogP contribution in [0.5, 0.6) is 0 Å². The molecule has 0 saturated carbocycles. The van der Waals surface area contributed by atoms with Crippen molar-refractivity contribution < 1.29 is 91.6 Å². The number of hydrogen-bond donors (Lipinski definition) is 9. The van der Waals surface area contributed by atoms with E-state index >= 15 is 0 Å². The fourth-order valence-electron chi connectivity index (χ4n) is 8.84. The molecule has 404 valence electrons. The van der Waals surface area contributed by atoms with Crippen molar-refractivity contribution in [2.24, 2.45) is 0 Å². The maximum Gasteiger partial charge on any atom is 0.490 e. The Bertz CT molecular complexity index is 3330. The van der Waals surface area contributed by atoms with Crippen molar-refractivity contribution in [2.75, 3.05) is 36.9 Å². The summed E-state index contributed by atoms with van der Waals surface area (Å²) in [5, 5.41) is 13.2. The maximum absolute atomic E-state index is 12.8. The molecule has 10 N–H and O–H groups in total. The van der Waals surface area contributed by atoms with Crippen molar-refractivity contribution in [3.63, 3.8) is 0 Å². The van der Waals surface area contributed by atoms with Crippen LogP contribution in [0.2, 0.25) is 0 Å². The van der Waals surface area contributed by atoms with Crippen LogP contribution in [0.1, 0.15) is 89.6 Å². The topological polar surface area (TPSA) is 394 Å². The van der Waals surface area contributed by atoms with Crippen molar-refractivity contribution >= 4 is 72.5 Å². The number of phosphoric acid groups is 3. The van der Waals surface area contributed by atoms with Gasteiger partial charge in [0.25, 0.3) is 20.2 Å². The molecule has 1 amide bonds. The van der Waals surface area contributed by atoms with Gasteiger partial charge in [-0.15, -0.1) is 0 Å². The number of benzene rings is 2. The van der Waals surface area contributed by atoms with Gasteiger partial charge >= 0.3 is 29.2 Å². The summed E-state index contributed by atoms with van der Waals surface area (Å²) in [6, 6.07) is 8.95. The maximum atomic E-state index is 12.8. The first kappa shape index (κ1) is 58.5. The number of hydrogen-bond acceptors (Lipinski definition) is 17. The molecule has 1 aromatic heterocycles. The highest BCUT2D eigenvalue weighted by Crippen LogP contribution is 2.66. The molecule has 4 heterocycles. The van der Waals surface area contributed by atoms with Crippen LogP contribution in [0.25, 0.3) is 0 Å². The van der Waals surface area contributed by atoms with Crippen LogP contribution in [0, 0.1) is 11.8 Å². The zero-order chi connectivity index (χ0) is 55.0. The number of nitrogens with one attached hydrogen (secondary N) is 1. The molecular weight excluding hydrogens is 1080 g/mol. The van der Waals surface area contributed by atoms with Crippen LogP contribution in [0.3, 0.4) is 0 Å². The van der Waals surface area contributed by atoms with Gasteiger partial charge in [0.1, 0.15) is 24.7 Å². The second kappa shape index (κ2) is 22.1. The highest BCUT2D eigenvalue weighted by molar-refractivity contribution is 7.86. The lowest BCUT2D eigenvalue weighted by atomic mass is 9.81.